The van der Waals surface area contributed by atoms with Crippen molar-refractivity contribution in [1.82, 2.24) is 5.32 Å². The lowest BCUT2D eigenvalue weighted by molar-refractivity contribution is -0.116. The largest absolute Gasteiger partial charge is 0.349 e. The highest BCUT2D eigenvalue weighted by Gasteiger charge is 2.30. The molecule has 4 rings (SSSR count). The molecule has 158 valence electrons. The van der Waals surface area contributed by atoms with Gasteiger partial charge < -0.3 is 10.2 Å². The molecular formula is C25H30N2O2S. The Labute approximate surface area is 183 Å². The summed E-state index contributed by atoms with van der Waals surface area (Å²) in [6.07, 6.45) is 3.44. The highest BCUT2D eigenvalue weighted by Crippen LogP contribution is 2.37. The number of aryl methyl sites for hydroxylation is 1. The van der Waals surface area contributed by atoms with Crippen LogP contribution < -0.4 is 10.2 Å². The van der Waals surface area contributed by atoms with Gasteiger partial charge in [0.1, 0.15) is 0 Å². The Hall–Kier alpha value is -2.27. The lowest BCUT2D eigenvalue weighted by Crippen LogP contribution is -2.43. The highest BCUT2D eigenvalue weighted by atomic mass is 32.2. The van der Waals surface area contributed by atoms with Crippen LogP contribution in [0.25, 0.3) is 0 Å². The fourth-order valence-electron chi connectivity index (χ4n) is 4.51. The molecule has 2 aliphatic rings. The molecule has 1 aliphatic carbocycles. The van der Waals surface area contributed by atoms with Crippen molar-refractivity contribution in [1.29, 1.82) is 0 Å². The van der Waals surface area contributed by atoms with E-state index in [2.05, 4.69) is 38.2 Å². The van der Waals surface area contributed by atoms with Crippen LogP contribution in [-0.4, -0.2) is 23.6 Å². The SMILES string of the molecule is Cc1ccccc1CN1C(=O)CSc2ccc(C(=O)N[C@@H]3CCC[C@H](C)[C@H]3C)cc21. The Morgan fingerprint density at radius 2 is 1.97 bits per heavy atom. The molecule has 1 aliphatic heterocycles. The maximum Gasteiger partial charge on any atom is 0.251 e. The standard InChI is InChI=1S/C25H30N2O2S/c1-16-8-6-10-21(18(16)3)26-25(29)19-11-12-23-22(13-19)27(24(28)15-30-23)14-20-9-5-4-7-17(20)2/h4-5,7,9,11-13,16,18,21H,6,8,10,14-15H2,1-3H3,(H,26,29)/t16-,18+,21+/m0/s1. The molecule has 0 aromatic heterocycles. The summed E-state index contributed by atoms with van der Waals surface area (Å²) in [5.41, 5.74) is 3.77. The van der Waals surface area contributed by atoms with Crippen molar-refractivity contribution in [2.75, 3.05) is 10.7 Å². The number of benzene rings is 2. The zero-order valence-corrected chi connectivity index (χ0v) is 18.8. The fraction of sp³-hybridized carbons (Fsp3) is 0.440. The molecule has 2 aromatic carbocycles. The fourth-order valence-corrected chi connectivity index (χ4v) is 5.43. The van der Waals surface area contributed by atoms with Crippen LogP contribution in [0.5, 0.6) is 0 Å². The van der Waals surface area contributed by atoms with Gasteiger partial charge in [-0.1, -0.05) is 51.0 Å². The predicted octanol–water partition coefficient (Wildman–Crippen LogP) is 5.19. The minimum Gasteiger partial charge on any atom is -0.349 e. The maximum atomic E-state index is 13.0. The van der Waals surface area contributed by atoms with Gasteiger partial charge in [0.2, 0.25) is 5.91 Å². The van der Waals surface area contributed by atoms with Crippen LogP contribution in [0.2, 0.25) is 0 Å². The number of anilines is 1. The smallest absolute Gasteiger partial charge is 0.251 e. The Bertz CT molecular complexity index is 958. The van der Waals surface area contributed by atoms with Gasteiger partial charge in [0.25, 0.3) is 5.91 Å². The van der Waals surface area contributed by atoms with E-state index in [1.165, 1.54) is 12.0 Å². The number of fused-ring (bicyclic) bond motifs is 1. The molecule has 2 amide bonds. The quantitative estimate of drug-likeness (QED) is 0.738. The molecule has 0 unspecified atom stereocenters. The van der Waals surface area contributed by atoms with Crippen molar-refractivity contribution >= 4 is 29.3 Å². The molecule has 1 N–H and O–H groups in total. The number of rotatable bonds is 4. The van der Waals surface area contributed by atoms with Crippen LogP contribution in [0.4, 0.5) is 5.69 Å². The zero-order chi connectivity index (χ0) is 21.3. The number of hydrogen-bond donors (Lipinski definition) is 1. The van der Waals surface area contributed by atoms with Crippen LogP contribution in [0.3, 0.4) is 0 Å². The van der Waals surface area contributed by atoms with Gasteiger partial charge in [-0.15, -0.1) is 11.8 Å². The van der Waals surface area contributed by atoms with E-state index in [1.807, 2.05) is 35.2 Å². The summed E-state index contributed by atoms with van der Waals surface area (Å²) >= 11 is 1.55. The second-order valence-electron chi connectivity index (χ2n) is 8.72. The monoisotopic (exact) mass is 422 g/mol. The first-order valence-corrected chi connectivity index (χ1v) is 11.8. The van der Waals surface area contributed by atoms with E-state index in [4.69, 9.17) is 0 Å². The lowest BCUT2D eigenvalue weighted by Gasteiger charge is -2.34. The second kappa shape index (κ2) is 8.84. The molecule has 1 saturated carbocycles. The number of amides is 2. The molecular weight excluding hydrogens is 392 g/mol. The van der Waals surface area contributed by atoms with Gasteiger partial charge in [0.15, 0.2) is 0 Å². The Kier molecular flexibility index (Phi) is 6.19. The van der Waals surface area contributed by atoms with Gasteiger partial charge in [0.05, 0.1) is 18.0 Å². The summed E-state index contributed by atoms with van der Waals surface area (Å²) in [6, 6.07) is 14.1. The van der Waals surface area contributed by atoms with Crippen LogP contribution in [-0.2, 0) is 11.3 Å². The highest BCUT2D eigenvalue weighted by molar-refractivity contribution is 8.00. The van der Waals surface area contributed by atoms with E-state index < -0.39 is 0 Å². The molecule has 1 heterocycles. The van der Waals surface area contributed by atoms with Gasteiger partial charge in [-0.3, -0.25) is 9.59 Å². The minimum absolute atomic E-state index is 0.0392. The Balaban J connectivity index is 1.58. The number of nitrogens with zero attached hydrogens (tertiary/aromatic N) is 1. The summed E-state index contributed by atoms with van der Waals surface area (Å²) in [4.78, 5) is 28.7. The summed E-state index contributed by atoms with van der Waals surface area (Å²) in [5, 5.41) is 3.26. The first-order chi connectivity index (χ1) is 14.4. The molecule has 0 radical (unpaired) electrons. The maximum absolute atomic E-state index is 13.0. The van der Waals surface area contributed by atoms with Crippen molar-refractivity contribution < 1.29 is 9.59 Å². The van der Waals surface area contributed by atoms with Gasteiger partial charge >= 0.3 is 0 Å². The van der Waals surface area contributed by atoms with Crippen LogP contribution in [0, 0.1) is 18.8 Å². The molecule has 0 spiro atoms. The number of thioether (sulfide) groups is 1. The van der Waals surface area contributed by atoms with Crippen molar-refractivity contribution in [2.45, 2.75) is 57.5 Å². The van der Waals surface area contributed by atoms with E-state index in [0.717, 1.165) is 29.0 Å². The number of carbonyl (C=O) groups is 2. The van der Waals surface area contributed by atoms with E-state index in [9.17, 15) is 9.59 Å². The first-order valence-electron chi connectivity index (χ1n) is 10.9. The Morgan fingerprint density at radius 3 is 2.77 bits per heavy atom. The molecule has 4 nitrogen and oxygen atoms in total. The Morgan fingerprint density at radius 1 is 1.17 bits per heavy atom. The third-order valence-corrected chi connectivity index (χ3v) is 7.82. The zero-order valence-electron chi connectivity index (χ0n) is 18.0. The normalized spacial score (nSPS) is 23.8. The molecule has 0 bridgehead atoms. The summed E-state index contributed by atoms with van der Waals surface area (Å²) in [7, 11) is 0. The molecule has 0 saturated heterocycles. The van der Waals surface area contributed by atoms with Gasteiger partial charge in [-0.2, -0.15) is 0 Å². The van der Waals surface area contributed by atoms with Crippen LogP contribution in [0.15, 0.2) is 47.4 Å². The van der Waals surface area contributed by atoms with Gasteiger partial charge in [-0.05, 0) is 54.5 Å². The molecule has 30 heavy (non-hydrogen) atoms. The molecule has 1 fully saturated rings. The van der Waals surface area contributed by atoms with E-state index in [0.29, 0.717) is 29.7 Å². The predicted molar refractivity (Wildman–Crippen MR) is 123 cm³/mol. The summed E-state index contributed by atoms with van der Waals surface area (Å²) in [5.74, 6) is 1.59. The third kappa shape index (κ3) is 4.27. The summed E-state index contributed by atoms with van der Waals surface area (Å²) < 4.78 is 0. The van der Waals surface area contributed by atoms with Crippen LogP contribution >= 0.6 is 11.8 Å². The average molecular weight is 423 g/mol. The van der Waals surface area contributed by atoms with Gasteiger partial charge in [-0.25, -0.2) is 0 Å². The van der Waals surface area contributed by atoms with Crippen molar-refractivity contribution in [3.63, 3.8) is 0 Å². The molecule has 3 atom stereocenters. The number of carbonyl (C=O) groups excluding carboxylic acids is 2. The minimum atomic E-state index is -0.0392. The van der Waals surface area contributed by atoms with Gasteiger partial charge in [0, 0.05) is 16.5 Å². The van der Waals surface area contributed by atoms with E-state index in [-0.39, 0.29) is 17.9 Å². The number of hydrogen-bond acceptors (Lipinski definition) is 3. The number of nitrogens with one attached hydrogen (secondary N) is 1. The molecule has 5 heteroatoms. The second-order valence-corrected chi connectivity index (χ2v) is 9.74. The average Bonchev–Trinajstić information content (AvgIpc) is 2.74. The molecule has 2 aromatic rings. The van der Waals surface area contributed by atoms with E-state index >= 15 is 0 Å². The van der Waals surface area contributed by atoms with Crippen molar-refractivity contribution in [3.8, 4) is 0 Å². The summed E-state index contributed by atoms with van der Waals surface area (Å²) in [6.45, 7) is 7.10. The third-order valence-electron chi connectivity index (χ3n) is 6.78. The first kappa shape index (κ1) is 21.0. The lowest BCUT2D eigenvalue weighted by atomic mass is 9.78. The van der Waals surface area contributed by atoms with E-state index in [1.54, 1.807) is 11.8 Å². The van der Waals surface area contributed by atoms with Crippen molar-refractivity contribution in [3.05, 3.63) is 59.2 Å². The van der Waals surface area contributed by atoms with Crippen molar-refractivity contribution in [2.24, 2.45) is 11.8 Å². The topological polar surface area (TPSA) is 49.4 Å². The van der Waals surface area contributed by atoms with Crippen LogP contribution in [0.1, 0.15) is 54.6 Å².